The van der Waals surface area contributed by atoms with Crippen LogP contribution in [0.5, 0.6) is 17.2 Å². The fraction of sp³-hybridized carbons (Fsp3) is 0.100. The number of alkyl halides is 3. The number of anilines is 2. The highest BCUT2D eigenvalue weighted by Crippen LogP contribution is 2.31. The van der Waals surface area contributed by atoms with Crippen molar-refractivity contribution in [3.05, 3.63) is 71.7 Å². The standard InChI is InChI=1S/C20H15F4N3O3/c1-11-5-6-17(18(25)26-11)19(28)27-13-3-2-4-14(9-13)29-15-7-12(21)8-16(10-15)30-20(22,23)24/h2-10H,1H3,(H2,25,26)(H,27,28). The van der Waals surface area contributed by atoms with E-state index in [1.807, 2.05) is 0 Å². The van der Waals surface area contributed by atoms with E-state index in [1.165, 1.54) is 24.3 Å². The molecule has 1 heterocycles. The lowest BCUT2D eigenvalue weighted by Crippen LogP contribution is -2.17. The SMILES string of the molecule is Cc1ccc(C(=O)Nc2cccc(Oc3cc(F)cc(OC(F)(F)F)c3)c2)c(N)n1. The summed E-state index contributed by atoms with van der Waals surface area (Å²) in [6.45, 7) is 1.73. The van der Waals surface area contributed by atoms with Crippen LogP contribution in [-0.4, -0.2) is 17.3 Å². The third-order valence-electron chi connectivity index (χ3n) is 3.71. The van der Waals surface area contributed by atoms with Crippen LogP contribution >= 0.6 is 0 Å². The minimum atomic E-state index is -4.97. The van der Waals surface area contributed by atoms with Crippen molar-refractivity contribution in [2.24, 2.45) is 0 Å². The zero-order valence-electron chi connectivity index (χ0n) is 15.5. The first-order valence-corrected chi connectivity index (χ1v) is 8.48. The smallest absolute Gasteiger partial charge is 0.457 e. The number of nitrogens with two attached hydrogens (primary N) is 1. The van der Waals surface area contributed by atoms with Crippen LogP contribution < -0.4 is 20.5 Å². The molecule has 0 atom stereocenters. The molecule has 0 fully saturated rings. The highest BCUT2D eigenvalue weighted by atomic mass is 19.4. The van der Waals surface area contributed by atoms with Gasteiger partial charge in [0, 0.05) is 35.6 Å². The molecule has 2 aromatic carbocycles. The van der Waals surface area contributed by atoms with Gasteiger partial charge in [-0.2, -0.15) is 0 Å². The van der Waals surface area contributed by atoms with Crippen LogP contribution in [0.3, 0.4) is 0 Å². The fourth-order valence-corrected chi connectivity index (χ4v) is 2.53. The number of rotatable bonds is 5. The molecule has 0 saturated heterocycles. The van der Waals surface area contributed by atoms with Crippen LogP contribution in [0.15, 0.2) is 54.6 Å². The molecule has 1 aromatic heterocycles. The van der Waals surface area contributed by atoms with Gasteiger partial charge in [0.05, 0.1) is 5.56 Å². The van der Waals surface area contributed by atoms with Crippen molar-refractivity contribution in [2.45, 2.75) is 13.3 Å². The van der Waals surface area contributed by atoms with E-state index in [-0.39, 0.29) is 22.9 Å². The quantitative estimate of drug-likeness (QED) is 0.563. The molecule has 0 bridgehead atoms. The lowest BCUT2D eigenvalue weighted by atomic mass is 10.2. The molecule has 0 aliphatic heterocycles. The Labute approximate surface area is 168 Å². The van der Waals surface area contributed by atoms with E-state index in [0.717, 1.165) is 12.1 Å². The molecule has 3 aromatic rings. The molecule has 3 N–H and O–H groups in total. The van der Waals surface area contributed by atoms with Gasteiger partial charge in [0.15, 0.2) is 0 Å². The number of carbonyl (C=O) groups excluding carboxylic acids is 1. The fourth-order valence-electron chi connectivity index (χ4n) is 2.53. The van der Waals surface area contributed by atoms with Gasteiger partial charge < -0.3 is 20.5 Å². The lowest BCUT2D eigenvalue weighted by molar-refractivity contribution is -0.274. The molecule has 0 radical (unpaired) electrons. The Morgan fingerprint density at radius 1 is 1.03 bits per heavy atom. The van der Waals surface area contributed by atoms with Crippen LogP contribution in [0, 0.1) is 12.7 Å². The van der Waals surface area contributed by atoms with Crippen LogP contribution in [-0.2, 0) is 0 Å². The zero-order valence-corrected chi connectivity index (χ0v) is 15.5. The van der Waals surface area contributed by atoms with E-state index in [0.29, 0.717) is 17.4 Å². The number of nitrogens with one attached hydrogen (secondary N) is 1. The molecule has 6 nitrogen and oxygen atoms in total. The third-order valence-corrected chi connectivity index (χ3v) is 3.71. The van der Waals surface area contributed by atoms with Gasteiger partial charge in [0.2, 0.25) is 0 Å². The van der Waals surface area contributed by atoms with Crippen molar-refractivity contribution >= 4 is 17.4 Å². The second-order valence-corrected chi connectivity index (χ2v) is 6.14. The molecule has 1 amide bonds. The summed E-state index contributed by atoms with van der Waals surface area (Å²) in [6, 6.07) is 11.5. The van der Waals surface area contributed by atoms with Crippen LogP contribution in [0.2, 0.25) is 0 Å². The molecule has 30 heavy (non-hydrogen) atoms. The number of ether oxygens (including phenoxy) is 2. The number of aromatic nitrogens is 1. The third kappa shape index (κ3) is 5.60. The van der Waals surface area contributed by atoms with E-state index < -0.39 is 23.8 Å². The number of pyridine rings is 1. The predicted octanol–water partition coefficient (Wildman–Crippen LogP) is 5.05. The lowest BCUT2D eigenvalue weighted by Gasteiger charge is -2.12. The van der Waals surface area contributed by atoms with E-state index in [4.69, 9.17) is 10.5 Å². The Morgan fingerprint density at radius 2 is 1.77 bits per heavy atom. The number of hydrogen-bond acceptors (Lipinski definition) is 5. The highest BCUT2D eigenvalue weighted by Gasteiger charge is 2.31. The van der Waals surface area contributed by atoms with Gasteiger partial charge in [-0.05, 0) is 31.2 Å². The normalized spacial score (nSPS) is 11.1. The molecule has 0 spiro atoms. The first kappa shape index (κ1) is 20.9. The summed E-state index contributed by atoms with van der Waals surface area (Å²) in [5.41, 5.74) is 6.90. The molecule has 10 heteroatoms. The number of nitrogens with zero attached hydrogens (tertiary/aromatic N) is 1. The van der Waals surface area contributed by atoms with E-state index in [2.05, 4.69) is 15.0 Å². The molecular formula is C20H15F4N3O3. The van der Waals surface area contributed by atoms with Crippen molar-refractivity contribution in [2.75, 3.05) is 11.1 Å². The molecule has 0 saturated carbocycles. The number of amides is 1. The van der Waals surface area contributed by atoms with Crippen molar-refractivity contribution in [1.82, 2.24) is 4.98 Å². The number of aryl methyl sites for hydroxylation is 1. The van der Waals surface area contributed by atoms with Gasteiger partial charge in [-0.3, -0.25) is 4.79 Å². The Kier molecular flexibility index (Phi) is 5.77. The Morgan fingerprint density at radius 3 is 2.47 bits per heavy atom. The largest absolute Gasteiger partial charge is 0.573 e. The number of hydrogen-bond donors (Lipinski definition) is 2. The summed E-state index contributed by atoms with van der Waals surface area (Å²) >= 11 is 0. The first-order valence-electron chi connectivity index (χ1n) is 8.48. The summed E-state index contributed by atoms with van der Waals surface area (Å²) in [5.74, 6) is -2.25. The zero-order chi connectivity index (χ0) is 21.9. The van der Waals surface area contributed by atoms with Gasteiger partial charge in [-0.15, -0.1) is 13.2 Å². The van der Waals surface area contributed by atoms with E-state index in [9.17, 15) is 22.4 Å². The molecule has 0 unspecified atom stereocenters. The van der Waals surface area contributed by atoms with E-state index >= 15 is 0 Å². The van der Waals surface area contributed by atoms with Gasteiger partial charge in [-0.25, -0.2) is 9.37 Å². The monoisotopic (exact) mass is 421 g/mol. The summed E-state index contributed by atoms with van der Waals surface area (Å²) < 4.78 is 59.8. The maximum absolute atomic E-state index is 13.6. The van der Waals surface area contributed by atoms with Gasteiger partial charge in [-0.1, -0.05) is 6.07 Å². The molecule has 156 valence electrons. The van der Waals surface area contributed by atoms with Crippen molar-refractivity contribution in [3.8, 4) is 17.2 Å². The summed E-state index contributed by atoms with van der Waals surface area (Å²) in [4.78, 5) is 16.4. The number of carbonyl (C=O) groups is 1. The van der Waals surface area contributed by atoms with Crippen molar-refractivity contribution < 1.29 is 31.8 Å². The maximum atomic E-state index is 13.6. The Hall–Kier alpha value is -3.82. The molecule has 0 aliphatic rings. The molecule has 3 rings (SSSR count). The number of nitrogen functional groups attached to an aromatic ring is 1. The second kappa shape index (κ2) is 8.27. The van der Waals surface area contributed by atoms with Crippen LogP contribution in [0.25, 0.3) is 0 Å². The van der Waals surface area contributed by atoms with Crippen molar-refractivity contribution in [1.29, 1.82) is 0 Å². The minimum absolute atomic E-state index is 0.0665. The Balaban J connectivity index is 1.77. The Bertz CT molecular complexity index is 1090. The van der Waals surface area contributed by atoms with Gasteiger partial charge in [0.25, 0.3) is 5.91 Å². The summed E-state index contributed by atoms with van der Waals surface area (Å²) in [7, 11) is 0. The number of halogens is 4. The molecule has 0 aliphatic carbocycles. The average Bonchev–Trinajstić information content (AvgIpc) is 2.59. The highest BCUT2D eigenvalue weighted by molar-refractivity contribution is 6.07. The van der Waals surface area contributed by atoms with Gasteiger partial charge in [0.1, 0.15) is 28.9 Å². The van der Waals surface area contributed by atoms with Crippen molar-refractivity contribution in [3.63, 3.8) is 0 Å². The van der Waals surface area contributed by atoms with Gasteiger partial charge >= 0.3 is 6.36 Å². The second-order valence-electron chi connectivity index (χ2n) is 6.14. The topological polar surface area (TPSA) is 86.5 Å². The first-order chi connectivity index (χ1) is 14.1. The molecular weight excluding hydrogens is 406 g/mol. The van der Waals surface area contributed by atoms with Crippen LogP contribution in [0.4, 0.5) is 29.1 Å². The number of benzene rings is 2. The van der Waals surface area contributed by atoms with Crippen LogP contribution in [0.1, 0.15) is 16.1 Å². The summed E-state index contributed by atoms with van der Waals surface area (Å²) in [5, 5.41) is 2.61. The summed E-state index contributed by atoms with van der Waals surface area (Å²) in [6.07, 6.45) is -4.97. The van der Waals surface area contributed by atoms with E-state index in [1.54, 1.807) is 19.1 Å². The average molecular weight is 421 g/mol. The predicted molar refractivity (Wildman–Crippen MR) is 101 cm³/mol. The minimum Gasteiger partial charge on any atom is -0.457 e. The maximum Gasteiger partial charge on any atom is 0.573 e.